The molecular weight excluding hydrogens is 342 g/mol. The van der Waals surface area contributed by atoms with E-state index in [0.717, 1.165) is 33.1 Å². The number of aromatic nitrogens is 5. The van der Waals surface area contributed by atoms with Crippen molar-refractivity contribution in [3.05, 3.63) is 64.9 Å². The molecule has 0 spiro atoms. The van der Waals surface area contributed by atoms with E-state index < -0.39 is 0 Å². The summed E-state index contributed by atoms with van der Waals surface area (Å²) in [7, 11) is 0. The average Bonchev–Trinajstić information content (AvgIpc) is 3.35. The van der Waals surface area contributed by atoms with Crippen molar-refractivity contribution in [3.8, 4) is 16.4 Å². The lowest BCUT2D eigenvalue weighted by molar-refractivity contribution is 0.927. The van der Waals surface area contributed by atoms with E-state index in [1.807, 2.05) is 17.5 Å². The second-order valence-corrected chi connectivity index (χ2v) is 7.45. The summed E-state index contributed by atoms with van der Waals surface area (Å²) in [6, 6.07) is 12.6. The van der Waals surface area contributed by atoms with Gasteiger partial charge in [0.25, 0.3) is 0 Å². The summed E-state index contributed by atoms with van der Waals surface area (Å²) in [5.74, 6) is 0.745. The average molecular weight is 359 g/mol. The predicted molar refractivity (Wildman–Crippen MR) is 105 cm³/mol. The normalized spacial score (nSPS) is 11.7. The van der Waals surface area contributed by atoms with Gasteiger partial charge in [-0.25, -0.2) is 14.5 Å². The van der Waals surface area contributed by atoms with Crippen LogP contribution in [0.5, 0.6) is 0 Å². The van der Waals surface area contributed by atoms with Crippen molar-refractivity contribution in [1.82, 2.24) is 24.1 Å². The summed E-state index contributed by atoms with van der Waals surface area (Å²) in [5.41, 5.74) is 6.48. The van der Waals surface area contributed by atoms with Crippen molar-refractivity contribution in [3.63, 3.8) is 0 Å². The zero-order chi connectivity index (χ0) is 17.8. The Kier molecular flexibility index (Phi) is 3.24. The highest BCUT2D eigenvalue weighted by Crippen LogP contribution is 2.31. The molecule has 5 rings (SSSR count). The van der Waals surface area contributed by atoms with Crippen molar-refractivity contribution >= 4 is 28.0 Å². The summed E-state index contributed by atoms with van der Waals surface area (Å²) in [6.07, 6.45) is 1.76. The molecule has 0 saturated heterocycles. The third-order valence-electron chi connectivity index (χ3n) is 4.87. The monoisotopic (exact) mass is 359 g/mol. The maximum absolute atomic E-state index is 4.82. The van der Waals surface area contributed by atoms with Gasteiger partial charge in [0.15, 0.2) is 17.1 Å². The number of fused-ring (bicyclic) bond motifs is 3. The molecule has 5 aromatic rings. The first-order chi connectivity index (χ1) is 12.6. The number of rotatable bonds is 2. The summed E-state index contributed by atoms with van der Waals surface area (Å²) in [5, 5.41) is 7.71. The maximum atomic E-state index is 4.82. The van der Waals surface area contributed by atoms with Crippen LogP contribution in [0.3, 0.4) is 0 Å². The Balaban J connectivity index is 1.82. The van der Waals surface area contributed by atoms with Crippen molar-refractivity contribution < 1.29 is 0 Å². The highest BCUT2D eigenvalue weighted by atomic mass is 32.1. The first-order valence-corrected chi connectivity index (χ1v) is 9.35. The van der Waals surface area contributed by atoms with Crippen LogP contribution in [-0.2, 0) is 0 Å². The maximum Gasteiger partial charge on any atom is 0.192 e. The van der Waals surface area contributed by atoms with Crippen LogP contribution in [0.15, 0.2) is 48.1 Å². The van der Waals surface area contributed by atoms with Crippen molar-refractivity contribution in [1.29, 1.82) is 0 Å². The molecule has 0 fully saturated rings. The minimum absolute atomic E-state index is 0.745. The van der Waals surface area contributed by atoms with E-state index in [4.69, 9.17) is 9.97 Å². The fourth-order valence-corrected chi connectivity index (χ4v) is 4.03. The lowest BCUT2D eigenvalue weighted by Gasteiger charge is -2.08. The van der Waals surface area contributed by atoms with E-state index in [2.05, 4.69) is 54.7 Å². The molecular formula is C20H17N5S. The van der Waals surface area contributed by atoms with Crippen LogP contribution < -0.4 is 0 Å². The number of hydrogen-bond acceptors (Lipinski definition) is 4. The second kappa shape index (κ2) is 5.51. The van der Waals surface area contributed by atoms with Crippen LogP contribution in [0.4, 0.5) is 0 Å². The molecule has 0 unspecified atom stereocenters. The topological polar surface area (TPSA) is 48.0 Å². The van der Waals surface area contributed by atoms with Gasteiger partial charge in [-0.3, -0.25) is 4.57 Å². The number of nitrogens with zero attached hydrogens (tertiary/aromatic N) is 5. The van der Waals surface area contributed by atoms with E-state index >= 15 is 0 Å². The Morgan fingerprint density at radius 3 is 2.50 bits per heavy atom. The van der Waals surface area contributed by atoms with Gasteiger partial charge in [-0.05, 0) is 49.9 Å². The number of aryl methyl sites for hydroxylation is 2. The van der Waals surface area contributed by atoms with E-state index in [1.54, 1.807) is 22.2 Å². The molecule has 128 valence electrons. The standard InChI is InChI=1S/C20H17N5S/c1-12-6-8-15(9-7-12)25-14(3)13(2)17-19(25)21-11-24-20(17)22-18(23-24)16-5-4-10-26-16/h4-11H,1-3H3. The molecule has 4 aromatic heterocycles. The Hall–Kier alpha value is -2.99. The fraction of sp³-hybridized carbons (Fsp3) is 0.150. The quantitative estimate of drug-likeness (QED) is 0.458. The molecule has 5 nitrogen and oxygen atoms in total. The molecule has 0 amide bonds. The highest BCUT2D eigenvalue weighted by molar-refractivity contribution is 7.13. The molecule has 1 aromatic carbocycles. The first kappa shape index (κ1) is 15.3. The zero-order valence-corrected chi connectivity index (χ0v) is 15.6. The van der Waals surface area contributed by atoms with Gasteiger partial charge in [0.1, 0.15) is 6.33 Å². The van der Waals surface area contributed by atoms with Crippen LogP contribution in [0, 0.1) is 20.8 Å². The molecule has 0 saturated carbocycles. The van der Waals surface area contributed by atoms with Crippen LogP contribution >= 0.6 is 11.3 Å². The molecule has 4 heterocycles. The highest BCUT2D eigenvalue weighted by Gasteiger charge is 2.19. The summed E-state index contributed by atoms with van der Waals surface area (Å²) in [6.45, 7) is 6.35. The summed E-state index contributed by atoms with van der Waals surface area (Å²) >= 11 is 1.64. The van der Waals surface area contributed by atoms with Crippen LogP contribution in [-0.4, -0.2) is 24.1 Å². The van der Waals surface area contributed by atoms with Crippen LogP contribution in [0.25, 0.3) is 33.1 Å². The van der Waals surface area contributed by atoms with Crippen molar-refractivity contribution in [2.75, 3.05) is 0 Å². The number of thiophene rings is 1. The van der Waals surface area contributed by atoms with Gasteiger partial charge in [-0.2, -0.15) is 0 Å². The largest absolute Gasteiger partial charge is 0.298 e. The second-order valence-electron chi connectivity index (χ2n) is 6.51. The molecule has 6 heteroatoms. The van der Waals surface area contributed by atoms with Crippen LogP contribution in [0.2, 0.25) is 0 Å². The molecule has 26 heavy (non-hydrogen) atoms. The van der Waals surface area contributed by atoms with Gasteiger partial charge < -0.3 is 0 Å². The lowest BCUT2D eigenvalue weighted by Crippen LogP contribution is -1.99. The Bertz CT molecular complexity index is 1240. The van der Waals surface area contributed by atoms with Gasteiger partial charge >= 0.3 is 0 Å². The van der Waals surface area contributed by atoms with Gasteiger partial charge in [-0.1, -0.05) is 23.8 Å². The first-order valence-electron chi connectivity index (χ1n) is 8.47. The molecule has 0 aliphatic heterocycles. The van der Waals surface area contributed by atoms with Gasteiger partial charge in [0.05, 0.1) is 10.3 Å². The predicted octanol–water partition coefficient (Wildman–Crippen LogP) is 4.72. The molecule has 0 bridgehead atoms. The minimum Gasteiger partial charge on any atom is -0.298 e. The third kappa shape index (κ3) is 2.12. The van der Waals surface area contributed by atoms with Crippen molar-refractivity contribution in [2.45, 2.75) is 20.8 Å². The van der Waals surface area contributed by atoms with Crippen molar-refractivity contribution in [2.24, 2.45) is 0 Å². The summed E-state index contributed by atoms with van der Waals surface area (Å²) in [4.78, 5) is 10.6. The number of hydrogen-bond donors (Lipinski definition) is 0. The van der Waals surface area contributed by atoms with E-state index in [-0.39, 0.29) is 0 Å². The summed E-state index contributed by atoms with van der Waals surface area (Å²) < 4.78 is 3.98. The zero-order valence-electron chi connectivity index (χ0n) is 14.8. The van der Waals surface area contributed by atoms with E-state index in [9.17, 15) is 0 Å². The smallest absolute Gasteiger partial charge is 0.192 e. The Labute approximate surface area is 154 Å². The number of benzene rings is 1. The molecule has 0 aliphatic carbocycles. The minimum atomic E-state index is 0.745. The lowest BCUT2D eigenvalue weighted by atomic mass is 10.2. The van der Waals surface area contributed by atoms with Crippen LogP contribution in [0.1, 0.15) is 16.8 Å². The molecule has 0 N–H and O–H groups in total. The SMILES string of the molecule is Cc1ccc(-n2c(C)c(C)c3c2ncn2nc(-c4cccs4)nc32)cc1. The molecule has 0 radical (unpaired) electrons. The Morgan fingerprint density at radius 1 is 0.962 bits per heavy atom. The molecule has 0 atom stereocenters. The third-order valence-corrected chi connectivity index (χ3v) is 5.73. The van der Waals surface area contributed by atoms with E-state index in [0.29, 0.717) is 0 Å². The van der Waals surface area contributed by atoms with Gasteiger partial charge in [0, 0.05) is 11.4 Å². The van der Waals surface area contributed by atoms with E-state index in [1.165, 1.54) is 16.8 Å². The Morgan fingerprint density at radius 2 is 1.77 bits per heavy atom. The van der Waals surface area contributed by atoms with Gasteiger partial charge in [0.2, 0.25) is 0 Å². The molecule has 0 aliphatic rings. The van der Waals surface area contributed by atoms with Gasteiger partial charge in [-0.15, -0.1) is 16.4 Å². The fourth-order valence-electron chi connectivity index (χ4n) is 3.38.